The van der Waals surface area contributed by atoms with Crippen molar-refractivity contribution in [3.05, 3.63) is 46.5 Å². The number of halogens is 1. The van der Waals surface area contributed by atoms with E-state index in [2.05, 4.69) is 32.4 Å². The van der Waals surface area contributed by atoms with E-state index in [0.717, 1.165) is 28.0 Å². The van der Waals surface area contributed by atoms with Gasteiger partial charge in [0, 0.05) is 17.6 Å². The van der Waals surface area contributed by atoms with Crippen LogP contribution in [0.1, 0.15) is 18.2 Å². The fraction of sp³-hybridized carbons (Fsp3) is 0.308. The van der Waals surface area contributed by atoms with Crippen LogP contribution in [-0.4, -0.2) is 9.55 Å². The summed E-state index contributed by atoms with van der Waals surface area (Å²) in [7, 11) is 0. The normalized spacial score (nSPS) is 10.6. The third kappa shape index (κ3) is 2.91. The van der Waals surface area contributed by atoms with E-state index in [1.54, 1.807) is 0 Å². The molecule has 0 aliphatic heterocycles. The number of hydrogen-bond donors (Lipinski definition) is 1. The topological polar surface area (TPSA) is 53.1 Å². The first kappa shape index (κ1) is 13.1. The first-order chi connectivity index (χ1) is 8.74. The van der Waals surface area contributed by atoms with E-state index in [0.29, 0.717) is 13.2 Å². The molecule has 0 radical (unpaired) electrons. The molecule has 0 amide bonds. The van der Waals surface area contributed by atoms with E-state index in [1.165, 1.54) is 0 Å². The molecule has 0 fully saturated rings. The molecule has 4 nitrogen and oxygen atoms in total. The number of rotatable bonds is 5. The summed E-state index contributed by atoms with van der Waals surface area (Å²) in [5.41, 5.74) is 7.76. The first-order valence-electron chi connectivity index (χ1n) is 5.85. The molecule has 0 unspecified atom stereocenters. The largest absolute Gasteiger partial charge is 0.487 e. The van der Waals surface area contributed by atoms with Gasteiger partial charge in [-0.15, -0.1) is 0 Å². The van der Waals surface area contributed by atoms with Gasteiger partial charge in [0.1, 0.15) is 12.4 Å². The average Bonchev–Trinajstić information content (AvgIpc) is 2.85. The maximum atomic E-state index is 5.75. The van der Waals surface area contributed by atoms with E-state index in [1.807, 2.05) is 30.7 Å². The van der Waals surface area contributed by atoms with Crippen molar-refractivity contribution in [3.63, 3.8) is 0 Å². The molecule has 0 saturated carbocycles. The molecule has 18 heavy (non-hydrogen) atoms. The van der Waals surface area contributed by atoms with Crippen LogP contribution in [0.15, 0.2) is 35.2 Å². The summed E-state index contributed by atoms with van der Waals surface area (Å²) < 4.78 is 8.82. The fourth-order valence-corrected chi connectivity index (χ4v) is 2.12. The van der Waals surface area contributed by atoms with Gasteiger partial charge in [0.15, 0.2) is 0 Å². The van der Waals surface area contributed by atoms with Crippen LogP contribution in [0.25, 0.3) is 0 Å². The molecule has 96 valence electrons. The number of nitrogens with two attached hydrogens (primary N) is 1. The quantitative estimate of drug-likeness (QED) is 0.924. The Balaban J connectivity index is 2.06. The Morgan fingerprint density at radius 1 is 1.44 bits per heavy atom. The summed E-state index contributed by atoms with van der Waals surface area (Å²) >= 11 is 3.45. The van der Waals surface area contributed by atoms with Crippen molar-refractivity contribution in [2.24, 2.45) is 5.73 Å². The van der Waals surface area contributed by atoms with E-state index >= 15 is 0 Å². The monoisotopic (exact) mass is 309 g/mol. The lowest BCUT2D eigenvalue weighted by Gasteiger charge is -2.10. The van der Waals surface area contributed by atoms with Gasteiger partial charge in [0.25, 0.3) is 0 Å². The second-order valence-corrected chi connectivity index (χ2v) is 4.77. The lowest BCUT2D eigenvalue weighted by molar-refractivity contribution is 0.295. The first-order valence-corrected chi connectivity index (χ1v) is 6.64. The highest BCUT2D eigenvalue weighted by Crippen LogP contribution is 2.22. The van der Waals surface area contributed by atoms with Crippen molar-refractivity contribution in [2.75, 3.05) is 0 Å². The minimum atomic E-state index is 0.491. The summed E-state index contributed by atoms with van der Waals surface area (Å²) in [6.45, 7) is 3.98. The van der Waals surface area contributed by atoms with Gasteiger partial charge in [-0.05, 0) is 30.7 Å². The Labute approximate surface area is 115 Å². The van der Waals surface area contributed by atoms with Crippen molar-refractivity contribution < 1.29 is 4.74 Å². The van der Waals surface area contributed by atoms with Crippen molar-refractivity contribution in [1.82, 2.24) is 9.55 Å². The lowest BCUT2D eigenvalue weighted by atomic mass is 10.2. The number of nitrogens with zero attached hydrogens (tertiary/aromatic N) is 2. The minimum Gasteiger partial charge on any atom is -0.487 e. The molecule has 1 heterocycles. The van der Waals surface area contributed by atoms with Crippen LogP contribution in [0.2, 0.25) is 0 Å². The number of imidazole rings is 1. The fourth-order valence-electron chi connectivity index (χ4n) is 1.71. The van der Waals surface area contributed by atoms with Crippen LogP contribution in [-0.2, 0) is 19.7 Å². The van der Waals surface area contributed by atoms with Gasteiger partial charge in [-0.3, -0.25) is 0 Å². The van der Waals surface area contributed by atoms with E-state index < -0.39 is 0 Å². The Morgan fingerprint density at radius 2 is 2.28 bits per heavy atom. The minimum absolute atomic E-state index is 0.491. The highest BCUT2D eigenvalue weighted by molar-refractivity contribution is 9.10. The van der Waals surface area contributed by atoms with Crippen molar-refractivity contribution in [2.45, 2.75) is 26.6 Å². The zero-order valence-electron chi connectivity index (χ0n) is 10.3. The van der Waals surface area contributed by atoms with Crippen LogP contribution in [0.5, 0.6) is 5.75 Å². The van der Waals surface area contributed by atoms with Gasteiger partial charge in [-0.2, -0.15) is 0 Å². The summed E-state index contributed by atoms with van der Waals surface area (Å²) in [5.74, 6) is 0.822. The predicted molar refractivity (Wildman–Crippen MR) is 74.3 cm³/mol. The molecule has 2 rings (SSSR count). The summed E-state index contributed by atoms with van der Waals surface area (Å²) in [4.78, 5) is 4.11. The Hall–Kier alpha value is -1.33. The molecule has 0 saturated heterocycles. The number of aryl methyl sites for hydroxylation is 1. The van der Waals surface area contributed by atoms with E-state index in [4.69, 9.17) is 10.5 Å². The third-order valence-electron chi connectivity index (χ3n) is 2.76. The molecule has 2 N–H and O–H groups in total. The van der Waals surface area contributed by atoms with Crippen molar-refractivity contribution >= 4 is 15.9 Å². The molecular weight excluding hydrogens is 294 g/mol. The molecule has 0 aliphatic rings. The lowest BCUT2D eigenvalue weighted by Crippen LogP contribution is -2.04. The molecule has 1 aromatic heterocycles. The molecular formula is C13H16BrN3O. The maximum absolute atomic E-state index is 5.75. The molecule has 0 bridgehead atoms. The zero-order chi connectivity index (χ0) is 13.0. The maximum Gasteiger partial charge on any atom is 0.130 e. The van der Waals surface area contributed by atoms with Gasteiger partial charge >= 0.3 is 0 Å². The van der Waals surface area contributed by atoms with Crippen LogP contribution >= 0.6 is 15.9 Å². The van der Waals surface area contributed by atoms with Crippen molar-refractivity contribution in [3.8, 4) is 5.75 Å². The van der Waals surface area contributed by atoms with Gasteiger partial charge in [-0.1, -0.05) is 15.9 Å². The molecule has 2 aromatic rings. The summed E-state index contributed by atoms with van der Waals surface area (Å²) in [5, 5.41) is 0. The molecule has 0 spiro atoms. The summed E-state index contributed by atoms with van der Waals surface area (Å²) in [6, 6.07) is 5.83. The summed E-state index contributed by atoms with van der Waals surface area (Å²) in [6.07, 6.45) is 3.64. The van der Waals surface area contributed by atoms with Gasteiger partial charge in [0.2, 0.25) is 0 Å². The second-order valence-electron chi connectivity index (χ2n) is 3.92. The number of ether oxygens (including phenoxy) is 1. The van der Waals surface area contributed by atoms with Crippen LogP contribution in [0.3, 0.4) is 0 Å². The van der Waals surface area contributed by atoms with Gasteiger partial charge < -0.3 is 15.0 Å². The standard InChI is InChI=1S/C13H16BrN3O/c1-2-17-9-16-7-11(17)8-18-12-3-4-13(14)10(5-12)6-15/h3-5,7,9H,2,6,8,15H2,1H3. The zero-order valence-corrected chi connectivity index (χ0v) is 11.9. The second kappa shape index (κ2) is 6.02. The molecule has 5 heteroatoms. The SMILES string of the molecule is CCn1cncc1COc1ccc(Br)c(CN)c1. The van der Waals surface area contributed by atoms with Crippen LogP contribution in [0.4, 0.5) is 0 Å². The van der Waals surface area contributed by atoms with Crippen molar-refractivity contribution in [1.29, 1.82) is 0 Å². The highest BCUT2D eigenvalue weighted by Gasteiger charge is 2.04. The Bertz CT molecular complexity index is 525. The number of hydrogen-bond acceptors (Lipinski definition) is 3. The number of aromatic nitrogens is 2. The van der Waals surface area contributed by atoms with Crippen LogP contribution in [0, 0.1) is 0 Å². The van der Waals surface area contributed by atoms with Gasteiger partial charge in [0.05, 0.1) is 18.2 Å². The highest BCUT2D eigenvalue weighted by atomic mass is 79.9. The van der Waals surface area contributed by atoms with E-state index in [9.17, 15) is 0 Å². The smallest absolute Gasteiger partial charge is 0.130 e. The van der Waals surface area contributed by atoms with Gasteiger partial charge in [-0.25, -0.2) is 4.98 Å². The van der Waals surface area contributed by atoms with Crippen LogP contribution < -0.4 is 10.5 Å². The third-order valence-corrected chi connectivity index (χ3v) is 3.54. The number of benzene rings is 1. The molecule has 1 aromatic carbocycles. The molecule has 0 atom stereocenters. The van der Waals surface area contributed by atoms with E-state index in [-0.39, 0.29) is 0 Å². The average molecular weight is 310 g/mol. The predicted octanol–water partition coefficient (Wildman–Crippen LogP) is 2.70. The Morgan fingerprint density at radius 3 is 3.00 bits per heavy atom. The molecule has 0 aliphatic carbocycles. The Kier molecular flexibility index (Phi) is 4.38.